The van der Waals surface area contributed by atoms with Crippen molar-refractivity contribution in [2.24, 2.45) is 0 Å². The van der Waals surface area contributed by atoms with Crippen LogP contribution < -0.4 is 21.5 Å². The van der Waals surface area contributed by atoms with Gasteiger partial charge in [0.1, 0.15) is 11.5 Å². The van der Waals surface area contributed by atoms with Gasteiger partial charge in [0, 0.05) is 12.1 Å². The lowest BCUT2D eigenvalue weighted by Crippen LogP contribution is -2.56. The van der Waals surface area contributed by atoms with Gasteiger partial charge in [-0.05, 0) is 50.0 Å². The molecule has 1 aromatic rings. The molecule has 7 N–H and O–H groups in total. The van der Waals surface area contributed by atoms with E-state index in [1.54, 1.807) is 18.2 Å². The lowest BCUT2D eigenvalue weighted by atomic mass is 9.92. The van der Waals surface area contributed by atoms with Crippen LogP contribution in [0.3, 0.4) is 0 Å². The first-order valence-corrected chi connectivity index (χ1v) is 8.93. The fraction of sp³-hybridized carbons (Fsp3) is 0.412. The van der Waals surface area contributed by atoms with Gasteiger partial charge in [-0.2, -0.15) is 0 Å². The number of carbonyl (C=O) groups excluding carboxylic acids is 1. The van der Waals surface area contributed by atoms with Crippen molar-refractivity contribution >= 4 is 40.5 Å². The average Bonchev–Trinajstić information content (AvgIpc) is 2.57. The molecule has 0 bridgehead atoms. The summed E-state index contributed by atoms with van der Waals surface area (Å²) in [7, 11) is 0. The van der Waals surface area contributed by atoms with Gasteiger partial charge in [0.25, 0.3) is 5.91 Å². The van der Waals surface area contributed by atoms with Gasteiger partial charge in [-0.15, -0.1) is 0 Å². The monoisotopic (exact) mass is 385 g/mol. The van der Waals surface area contributed by atoms with E-state index in [1.807, 2.05) is 0 Å². The van der Waals surface area contributed by atoms with Crippen LogP contribution in [0.25, 0.3) is 0 Å². The van der Waals surface area contributed by atoms with E-state index in [0.717, 1.165) is 25.7 Å². The zero-order valence-electron chi connectivity index (χ0n) is 13.8. The summed E-state index contributed by atoms with van der Waals surface area (Å²) in [6.45, 7) is 0. The summed E-state index contributed by atoms with van der Waals surface area (Å²) >= 11 is 11.7. The molecule has 0 heterocycles. The lowest BCUT2D eigenvalue weighted by molar-refractivity contribution is -0.373. The van der Waals surface area contributed by atoms with Gasteiger partial charge in [0.05, 0.1) is 16.8 Å². The minimum Gasteiger partial charge on any atom is -0.490 e. The van der Waals surface area contributed by atoms with Gasteiger partial charge >= 0.3 is 0 Å². The first-order valence-electron chi connectivity index (χ1n) is 8.11. The minimum absolute atomic E-state index is 0.0441. The Labute approximate surface area is 157 Å². The third-order valence-electron chi connectivity index (χ3n) is 4.00. The van der Waals surface area contributed by atoms with E-state index in [2.05, 4.69) is 11.1 Å². The Morgan fingerprint density at radius 1 is 1.40 bits per heavy atom. The third-order valence-corrected chi connectivity index (χ3v) is 4.47. The van der Waals surface area contributed by atoms with E-state index in [0.29, 0.717) is 16.5 Å². The Morgan fingerprint density at radius 2 is 2.08 bits per heavy atom. The van der Waals surface area contributed by atoms with E-state index in [1.165, 1.54) is 12.2 Å². The van der Waals surface area contributed by atoms with E-state index < -0.39 is 11.4 Å². The second kappa shape index (κ2) is 9.08. The van der Waals surface area contributed by atoms with Crippen LogP contribution in [0.4, 0.5) is 5.69 Å². The van der Waals surface area contributed by atoms with Gasteiger partial charge in [-0.3, -0.25) is 10.2 Å². The molecule has 25 heavy (non-hydrogen) atoms. The van der Waals surface area contributed by atoms with Crippen LogP contribution in [0.2, 0.25) is 5.02 Å². The summed E-state index contributed by atoms with van der Waals surface area (Å²) in [4.78, 5) is 12.0. The molecule has 1 aliphatic rings. The molecular formula is C17H23Cl2N4O2+. The summed E-state index contributed by atoms with van der Waals surface area (Å²) in [5.41, 5.74) is 9.19. The standard InChI is InChI=1S/C17H22Cl2N4O2/c18-13-9-12(5-6-14(13)20)25-11-3-1-10(2-4-11)23-17(24)15(21)7-8-16(19)22/h5-11,16,21H,1-4,20,22H2,(H,23,24)/p+1/b8-7-,21-15?. The molecule has 1 fully saturated rings. The highest BCUT2D eigenvalue weighted by Crippen LogP contribution is 2.28. The number of hydrogen-bond acceptors (Lipinski definition) is 4. The van der Waals surface area contributed by atoms with Crippen LogP contribution >= 0.6 is 23.2 Å². The highest BCUT2D eigenvalue weighted by Gasteiger charge is 2.24. The Bertz CT molecular complexity index is 656. The van der Waals surface area contributed by atoms with E-state index in [-0.39, 0.29) is 17.9 Å². The first kappa shape index (κ1) is 19.6. The number of alkyl halides is 1. The summed E-state index contributed by atoms with van der Waals surface area (Å²) in [5.74, 6) is 0.297. The van der Waals surface area contributed by atoms with Crippen LogP contribution in [0, 0.1) is 5.41 Å². The topological polar surface area (TPSA) is 116 Å². The number of carbonyl (C=O) groups is 1. The number of quaternary nitrogens is 1. The van der Waals surface area contributed by atoms with Gasteiger partial charge in [-0.1, -0.05) is 23.2 Å². The summed E-state index contributed by atoms with van der Waals surface area (Å²) < 4.78 is 5.93. The number of benzene rings is 1. The number of ether oxygens (including phenoxy) is 1. The Kier molecular flexibility index (Phi) is 7.11. The van der Waals surface area contributed by atoms with Gasteiger partial charge in [0.15, 0.2) is 5.50 Å². The molecule has 0 radical (unpaired) electrons. The van der Waals surface area contributed by atoms with Crippen molar-refractivity contribution in [2.45, 2.75) is 43.3 Å². The zero-order chi connectivity index (χ0) is 18.4. The molecule has 6 nitrogen and oxygen atoms in total. The van der Waals surface area contributed by atoms with E-state index in [9.17, 15) is 4.79 Å². The van der Waals surface area contributed by atoms with Gasteiger partial charge in [-0.25, -0.2) is 0 Å². The molecule has 8 heteroatoms. The van der Waals surface area contributed by atoms with Crippen molar-refractivity contribution in [1.29, 1.82) is 5.41 Å². The molecule has 1 unspecified atom stereocenters. The Balaban J connectivity index is 1.78. The third kappa shape index (κ3) is 6.23. The molecule has 1 atom stereocenters. The molecule has 1 aromatic carbocycles. The zero-order valence-corrected chi connectivity index (χ0v) is 15.3. The number of rotatable bonds is 6. The predicted molar refractivity (Wildman–Crippen MR) is 100 cm³/mol. The van der Waals surface area contributed by atoms with Gasteiger partial charge < -0.3 is 21.5 Å². The van der Waals surface area contributed by atoms with Crippen molar-refractivity contribution in [3.05, 3.63) is 35.4 Å². The molecule has 0 saturated heterocycles. The Morgan fingerprint density at radius 3 is 2.68 bits per heavy atom. The summed E-state index contributed by atoms with van der Waals surface area (Å²) in [6.07, 6.45) is 6.19. The quantitative estimate of drug-likeness (QED) is 0.260. The molecule has 1 aliphatic carbocycles. The second-order valence-corrected chi connectivity index (χ2v) is 7.00. The maximum atomic E-state index is 12.0. The van der Waals surface area contributed by atoms with Crippen LogP contribution in [-0.4, -0.2) is 29.3 Å². The largest absolute Gasteiger partial charge is 0.490 e. The first-order chi connectivity index (χ1) is 11.8. The molecule has 1 saturated carbocycles. The molecular weight excluding hydrogens is 363 g/mol. The van der Waals surface area contributed by atoms with Crippen LogP contribution in [0.1, 0.15) is 25.7 Å². The maximum absolute atomic E-state index is 12.0. The van der Waals surface area contributed by atoms with Crippen molar-refractivity contribution in [2.75, 3.05) is 5.73 Å². The van der Waals surface area contributed by atoms with E-state index in [4.69, 9.17) is 39.1 Å². The molecule has 136 valence electrons. The molecule has 1 amide bonds. The maximum Gasteiger partial charge on any atom is 0.269 e. The fourth-order valence-corrected chi connectivity index (χ4v) is 2.88. The van der Waals surface area contributed by atoms with Crippen LogP contribution in [-0.2, 0) is 4.79 Å². The molecule has 2 rings (SSSR count). The van der Waals surface area contributed by atoms with Crippen LogP contribution in [0.5, 0.6) is 5.75 Å². The minimum atomic E-state index is -0.456. The van der Waals surface area contributed by atoms with Crippen molar-refractivity contribution in [1.82, 2.24) is 5.32 Å². The molecule has 0 aliphatic heterocycles. The fourth-order valence-electron chi connectivity index (χ4n) is 2.64. The number of hydrogen-bond donors (Lipinski definition) is 4. The number of anilines is 1. The van der Waals surface area contributed by atoms with Crippen molar-refractivity contribution in [3.63, 3.8) is 0 Å². The number of nitrogens with one attached hydrogen (secondary N) is 2. The molecule has 0 aromatic heterocycles. The predicted octanol–water partition coefficient (Wildman–Crippen LogP) is 2.11. The lowest BCUT2D eigenvalue weighted by Gasteiger charge is -2.29. The smallest absolute Gasteiger partial charge is 0.269 e. The second-order valence-electron chi connectivity index (χ2n) is 6.04. The summed E-state index contributed by atoms with van der Waals surface area (Å²) in [5, 5.41) is 11.0. The van der Waals surface area contributed by atoms with Crippen molar-refractivity contribution in [3.8, 4) is 5.75 Å². The number of halogens is 2. The molecule has 0 spiro atoms. The van der Waals surface area contributed by atoms with Crippen LogP contribution in [0.15, 0.2) is 30.4 Å². The number of nitrogen functional groups attached to an aromatic ring is 1. The average molecular weight is 386 g/mol. The van der Waals surface area contributed by atoms with Crippen molar-refractivity contribution < 1.29 is 15.3 Å². The van der Waals surface area contributed by atoms with Gasteiger partial charge in [0.2, 0.25) is 0 Å². The highest BCUT2D eigenvalue weighted by atomic mass is 35.5. The number of amides is 1. The normalized spacial score (nSPS) is 21.7. The van der Waals surface area contributed by atoms with E-state index >= 15 is 0 Å². The summed E-state index contributed by atoms with van der Waals surface area (Å²) in [6, 6.07) is 5.28. The Hall–Kier alpha value is -1.76. The SMILES string of the molecule is N=C(/C=C\C([NH3+])Cl)C(=O)NC1CCC(Oc2ccc(N)c(Cl)c2)CC1. The highest BCUT2D eigenvalue weighted by molar-refractivity contribution is 6.42. The number of nitrogens with two attached hydrogens (primary N) is 1.